The van der Waals surface area contributed by atoms with Crippen molar-refractivity contribution in [2.45, 2.75) is 19.0 Å². The van der Waals surface area contributed by atoms with Crippen molar-refractivity contribution in [2.24, 2.45) is 5.73 Å². The number of benzene rings is 3. The highest BCUT2D eigenvalue weighted by molar-refractivity contribution is 6.06. The van der Waals surface area contributed by atoms with E-state index in [1.165, 1.54) is 18.1 Å². The van der Waals surface area contributed by atoms with Crippen LogP contribution >= 0.6 is 0 Å². The molecule has 0 aliphatic carbocycles. The third-order valence-corrected chi connectivity index (χ3v) is 5.64. The van der Waals surface area contributed by atoms with Crippen LogP contribution in [0.5, 0.6) is 0 Å². The van der Waals surface area contributed by atoms with Crippen LogP contribution in [0.1, 0.15) is 11.1 Å². The Labute approximate surface area is 182 Å². The average molecular weight is 414 g/mol. The van der Waals surface area contributed by atoms with E-state index in [4.69, 9.17) is 10.5 Å². The number of methoxy groups -OCH3 is 1. The minimum Gasteiger partial charge on any atom is -0.468 e. The fraction of sp³-hybridized carbons (Fsp3) is 0.231. The van der Waals surface area contributed by atoms with E-state index in [-0.39, 0.29) is 0 Å². The number of hydrogen-bond donors (Lipinski definition) is 1. The minimum absolute atomic E-state index is 0.401. The van der Waals surface area contributed by atoms with Crippen LogP contribution in [0.15, 0.2) is 67.0 Å². The number of aromatic nitrogens is 1. The summed E-state index contributed by atoms with van der Waals surface area (Å²) in [5, 5.41) is 4.56. The summed E-state index contributed by atoms with van der Waals surface area (Å²) in [6.45, 7) is 0.867. The molecular formula is C26H27N3O2. The molecule has 2 N–H and O–H groups in total. The lowest BCUT2D eigenvalue weighted by Crippen LogP contribution is -2.33. The van der Waals surface area contributed by atoms with Gasteiger partial charge in [0, 0.05) is 24.3 Å². The van der Waals surface area contributed by atoms with Crippen molar-refractivity contribution >= 4 is 27.5 Å². The molecule has 0 fully saturated rings. The summed E-state index contributed by atoms with van der Waals surface area (Å²) >= 11 is 0. The standard InChI is InChI=1S/C26H27N3O2/c1-29(2)16-18-10-11-23(24-15-28-13-12-20(18)24)22-9-5-7-19-17(6-4-8-21(19)22)14-25(27)26(30)31-3/h4-13,15,25H,14,16,27H2,1-3H3/t25-/m0/s1. The molecule has 0 saturated carbocycles. The Kier molecular flexibility index (Phi) is 5.98. The van der Waals surface area contributed by atoms with Crippen LogP contribution in [-0.2, 0) is 22.5 Å². The van der Waals surface area contributed by atoms with E-state index in [1.54, 1.807) is 0 Å². The maximum atomic E-state index is 11.8. The zero-order valence-electron chi connectivity index (χ0n) is 18.1. The van der Waals surface area contributed by atoms with Gasteiger partial charge in [-0.2, -0.15) is 0 Å². The van der Waals surface area contributed by atoms with Crippen molar-refractivity contribution < 1.29 is 9.53 Å². The van der Waals surface area contributed by atoms with Crippen LogP contribution in [0.3, 0.4) is 0 Å². The van der Waals surface area contributed by atoms with Crippen molar-refractivity contribution in [3.8, 4) is 11.1 Å². The fourth-order valence-electron chi connectivity index (χ4n) is 4.23. The number of pyridine rings is 1. The number of hydrogen-bond acceptors (Lipinski definition) is 5. The summed E-state index contributed by atoms with van der Waals surface area (Å²) in [5.74, 6) is -0.401. The van der Waals surface area contributed by atoms with Crippen molar-refractivity contribution in [3.63, 3.8) is 0 Å². The lowest BCUT2D eigenvalue weighted by molar-refractivity contribution is -0.142. The summed E-state index contributed by atoms with van der Waals surface area (Å²) in [6, 6.07) is 18.2. The predicted molar refractivity (Wildman–Crippen MR) is 126 cm³/mol. The van der Waals surface area contributed by atoms with E-state index < -0.39 is 12.0 Å². The smallest absolute Gasteiger partial charge is 0.322 e. The predicted octanol–water partition coefficient (Wildman–Crippen LogP) is 4.16. The van der Waals surface area contributed by atoms with Gasteiger partial charge < -0.3 is 15.4 Å². The Morgan fingerprint density at radius 2 is 1.65 bits per heavy atom. The molecule has 1 heterocycles. The number of esters is 1. The molecule has 0 amide bonds. The molecule has 0 aliphatic heterocycles. The summed E-state index contributed by atoms with van der Waals surface area (Å²) in [4.78, 5) is 18.4. The number of ether oxygens (including phenoxy) is 1. The first kappa shape index (κ1) is 21.0. The van der Waals surface area contributed by atoms with Crippen LogP contribution in [0.2, 0.25) is 0 Å². The SMILES string of the molecule is COC(=O)[C@@H](N)Cc1cccc2c(-c3ccc(CN(C)C)c4ccncc34)cccc12. The Morgan fingerprint density at radius 1 is 0.935 bits per heavy atom. The van der Waals surface area contributed by atoms with Gasteiger partial charge in [0.1, 0.15) is 6.04 Å². The zero-order chi connectivity index (χ0) is 22.0. The number of nitrogens with zero attached hydrogens (tertiary/aromatic N) is 2. The number of nitrogens with two attached hydrogens (primary N) is 1. The third kappa shape index (κ3) is 4.15. The van der Waals surface area contributed by atoms with Gasteiger partial charge in [0.15, 0.2) is 0 Å². The Hall–Kier alpha value is -3.28. The molecular weight excluding hydrogens is 386 g/mol. The van der Waals surface area contributed by atoms with E-state index >= 15 is 0 Å². The average Bonchev–Trinajstić information content (AvgIpc) is 2.78. The van der Waals surface area contributed by atoms with Crippen LogP contribution in [-0.4, -0.2) is 43.1 Å². The second-order valence-corrected chi connectivity index (χ2v) is 8.08. The molecule has 4 aromatic rings. The molecule has 0 bridgehead atoms. The van der Waals surface area contributed by atoms with Crippen LogP contribution < -0.4 is 5.73 Å². The first-order chi connectivity index (χ1) is 15.0. The van der Waals surface area contributed by atoms with Crippen molar-refractivity contribution in [2.75, 3.05) is 21.2 Å². The van der Waals surface area contributed by atoms with Gasteiger partial charge in [-0.05, 0) is 65.0 Å². The summed E-state index contributed by atoms with van der Waals surface area (Å²) in [6.07, 6.45) is 4.22. The quantitative estimate of drug-likeness (QED) is 0.481. The topological polar surface area (TPSA) is 68.5 Å². The van der Waals surface area contributed by atoms with Gasteiger partial charge >= 0.3 is 5.97 Å². The van der Waals surface area contributed by atoms with E-state index in [0.29, 0.717) is 6.42 Å². The molecule has 0 radical (unpaired) electrons. The van der Waals surface area contributed by atoms with Crippen molar-refractivity contribution in [1.29, 1.82) is 0 Å². The highest BCUT2D eigenvalue weighted by Crippen LogP contribution is 2.36. The molecule has 0 aliphatic rings. The molecule has 5 heteroatoms. The molecule has 1 aromatic heterocycles. The minimum atomic E-state index is -0.686. The van der Waals surface area contributed by atoms with Gasteiger partial charge in [0.25, 0.3) is 0 Å². The van der Waals surface area contributed by atoms with Crippen molar-refractivity contribution in [1.82, 2.24) is 9.88 Å². The number of carbonyl (C=O) groups is 1. The molecule has 0 saturated heterocycles. The number of carbonyl (C=O) groups excluding carboxylic acids is 1. The molecule has 31 heavy (non-hydrogen) atoms. The van der Waals surface area contributed by atoms with Gasteiger partial charge in [0.2, 0.25) is 0 Å². The molecule has 5 nitrogen and oxygen atoms in total. The highest BCUT2D eigenvalue weighted by atomic mass is 16.5. The molecule has 158 valence electrons. The first-order valence-electron chi connectivity index (χ1n) is 10.3. The number of rotatable bonds is 6. The molecule has 3 aromatic carbocycles. The summed E-state index contributed by atoms with van der Waals surface area (Å²) in [5.41, 5.74) is 10.6. The third-order valence-electron chi connectivity index (χ3n) is 5.64. The maximum Gasteiger partial charge on any atom is 0.322 e. The van der Waals surface area contributed by atoms with Crippen LogP contribution in [0, 0.1) is 0 Å². The Bertz CT molecular complexity index is 1250. The molecule has 0 spiro atoms. The van der Waals surface area contributed by atoms with Gasteiger partial charge in [0.05, 0.1) is 7.11 Å². The van der Waals surface area contributed by atoms with Gasteiger partial charge in [-0.1, -0.05) is 48.5 Å². The lowest BCUT2D eigenvalue weighted by Gasteiger charge is -2.17. The monoisotopic (exact) mass is 413 g/mol. The summed E-state index contributed by atoms with van der Waals surface area (Å²) in [7, 11) is 5.51. The lowest BCUT2D eigenvalue weighted by atomic mass is 9.90. The highest BCUT2D eigenvalue weighted by Gasteiger charge is 2.17. The van der Waals surface area contributed by atoms with Crippen molar-refractivity contribution in [3.05, 3.63) is 78.1 Å². The Morgan fingerprint density at radius 3 is 2.42 bits per heavy atom. The second-order valence-electron chi connectivity index (χ2n) is 8.08. The van der Waals surface area contributed by atoms with Gasteiger partial charge in [-0.3, -0.25) is 9.78 Å². The van der Waals surface area contributed by atoms with Gasteiger partial charge in [-0.25, -0.2) is 0 Å². The fourth-order valence-corrected chi connectivity index (χ4v) is 4.23. The second kappa shape index (κ2) is 8.84. The maximum absolute atomic E-state index is 11.8. The molecule has 1 atom stereocenters. The molecule has 4 rings (SSSR count). The summed E-state index contributed by atoms with van der Waals surface area (Å²) < 4.78 is 4.80. The van der Waals surface area contributed by atoms with E-state index in [1.807, 2.05) is 24.5 Å². The normalized spacial score (nSPS) is 12.4. The zero-order valence-corrected chi connectivity index (χ0v) is 18.1. The first-order valence-corrected chi connectivity index (χ1v) is 10.3. The van der Waals surface area contributed by atoms with Crippen LogP contribution in [0.4, 0.5) is 0 Å². The van der Waals surface area contributed by atoms with E-state index in [2.05, 4.69) is 66.4 Å². The largest absolute Gasteiger partial charge is 0.468 e. The van der Waals surface area contributed by atoms with E-state index in [9.17, 15) is 4.79 Å². The van der Waals surface area contributed by atoms with Crippen LogP contribution in [0.25, 0.3) is 32.7 Å². The van der Waals surface area contributed by atoms with Gasteiger partial charge in [-0.15, -0.1) is 0 Å². The Balaban J connectivity index is 1.87. The number of fused-ring (bicyclic) bond motifs is 2. The van der Waals surface area contributed by atoms with E-state index in [0.717, 1.165) is 39.4 Å². The molecule has 0 unspecified atom stereocenters.